The van der Waals surface area contributed by atoms with Gasteiger partial charge in [-0.05, 0) is 11.1 Å². The lowest BCUT2D eigenvalue weighted by Crippen LogP contribution is -2.06. The van der Waals surface area contributed by atoms with Crippen LogP contribution in [0.2, 0.25) is 0 Å². The maximum Gasteiger partial charge on any atom is 0.0577 e. The average molecular weight is 227 g/mol. The maximum atomic E-state index is 11.5. The fourth-order valence-electron chi connectivity index (χ4n) is 1.21. The van der Waals surface area contributed by atoms with E-state index in [1.807, 2.05) is 24.3 Å². The molecule has 0 aliphatic carbocycles. The molecule has 0 bridgehead atoms. The number of hydrogen-bond acceptors (Lipinski definition) is 3. The molecule has 0 saturated carbocycles. The van der Waals surface area contributed by atoms with Gasteiger partial charge in [0.1, 0.15) is 0 Å². The van der Waals surface area contributed by atoms with Crippen molar-refractivity contribution in [1.29, 1.82) is 0 Å². The van der Waals surface area contributed by atoms with E-state index in [9.17, 15) is 4.21 Å². The van der Waals surface area contributed by atoms with Crippen molar-refractivity contribution >= 4 is 10.8 Å². The Labute approximate surface area is 93.1 Å². The minimum Gasteiger partial charge on any atom is -0.384 e. The third-order valence-corrected chi connectivity index (χ3v) is 3.38. The van der Waals surface area contributed by atoms with Crippen LogP contribution in [0.25, 0.3) is 0 Å². The summed E-state index contributed by atoms with van der Waals surface area (Å²) in [7, 11) is 0.783. The molecule has 0 heterocycles. The first-order chi connectivity index (χ1) is 7.26. The van der Waals surface area contributed by atoms with Crippen LogP contribution < -0.4 is 5.73 Å². The number of nitrogens with two attached hydrogens (primary N) is 1. The van der Waals surface area contributed by atoms with Crippen LogP contribution in [0.5, 0.6) is 0 Å². The van der Waals surface area contributed by atoms with Gasteiger partial charge >= 0.3 is 0 Å². The van der Waals surface area contributed by atoms with Gasteiger partial charge in [0, 0.05) is 36.0 Å². The minimum atomic E-state index is -0.836. The summed E-state index contributed by atoms with van der Waals surface area (Å²) in [4.78, 5) is 0. The molecule has 0 aliphatic heterocycles. The van der Waals surface area contributed by atoms with Gasteiger partial charge in [0.05, 0.1) is 6.61 Å². The SMILES string of the molecule is COCCS(=O)Cc1ccc(CN)cc1. The van der Waals surface area contributed by atoms with Crippen molar-refractivity contribution in [2.24, 2.45) is 5.73 Å². The van der Waals surface area contributed by atoms with Gasteiger partial charge in [0.2, 0.25) is 0 Å². The van der Waals surface area contributed by atoms with Crippen molar-refractivity contribution in [1.82, 2.24) is 0 Å². The van der Waals surface area contributed by atoms with E-state index in [0.29, 0.717) is 24.7 Å². The molecule has 3 nitrogen and oxygen atoms in total. The van der Waals surface area contributed by atoms with Gasteiger partial charge in [-0.15, -0.1) is 0 Å². The Bertz CT molecular complexity index is 311. The second-order valence-electron chi connectivity index (χ2n) is 3.30. The van der Waals surface area contributed by atoms with E-state index in [0.717, 1.165) is 11.1 Å². The van der Waals surface area contributed by atoms with Crippen LogP contribution in [0.3, 0.4) is 0 Å². The summed E-state index contributed by atoms with van der Waals surface area (Å²) in [5, 5.41) is 0. The van der Waals surface area contributed by atoms with Crippen LogP contribution >= 0.6 is 0 Å². The third-order valence-electron chi connectivity index (χ3n) is 2.10. The van der Waals surface area contributed by atoms with E-state index < -0.39 is 10.8 Å². The molecule has 2 N–H and O–H groups in total. The average Bonchev–Trinajstić information content (AvgIpc) is 2.27. The monoisotopic (exact) mass is 227 g/mol. The molecule has 0 spiro atoms. The molecule has 84 valence electrons. The molecular weight excluding hydrogens is 210 g/mol. The zero-order valence-electron chi connectivity index (χ0n) is 8.94. The predicted molar refractivity (Wildman–Crippen MR) is 62.9 cm³/mol. The minimum absolute atomic E-state index is 0.549. The van der Waals surface area contributed by atoms with E-state index in [-0.39, 0.29) is 0 Å². The Hall–Kier alpha value is -0.710. The third kappa shape index (κ3) is 4.55. The summed E-state index contributed by atoms with van der Waals surface area (Å²) in [5.41, 5.74) is 7.67. The molecular formula is C11H17NO2S. The lowest BCUT2D eigenvalue weighted by molar-refractivity contribution is 0.218. The Morgan fingerprint density at radius 3 is 2.40 bits per heavy atom. The first-order valence-electron chi connectivity index (χ1n) is 4.88. The van der Waals surface area contributed by atoms with Crippen LogP contribution in [0.15, 0.2) is 24.3 Å². The summed E-state index contributed by atoms with van der Waals surface area (Å²) >= 11 is 0. The Balaban J connectivity index is 2.46. The van der Waals surface area contributed by atoms with E-state index in [1.165, 1.54) is 0 Å². The quantitative estimate of drug-likeness (QED) is 0.790. The first-order valence-corrected chi connectivity index (χ1v) is 6.37. The lowest BCUT2D eigenvalue weighted by Gasteiger charge is -2.03. The van der Waals surface area contributed by atoms with Crippen LogP contribution in [0.4, 0.5) is 0 Å². The van der Waals surface area contributed by atoms with Gasteiger partial charge in [-0.25, -0.2) is 0 Å². The standard InChI is InChI=1S/C11H17NO2S/c1-14-6-7-15(13)9-11-4-2-10(8-12)3-5-11/h2-5H,6-9,12H2,1H3. The highest BCUT2D eigenvalue weighted by Crippen LogP contribution is 2.06. The molecule has 1 unspecified atom stereocenters. The molecule has 1 aromatic rings. The largest absolute Gasteiger partial charge is 0.384 e. The number of hydrogen-bond donors (Lipinski definition) is 1. The van der Waals surface area contributed by atoms with Crippen molar-refractivity contribution in [3.05, 3.63) is 35.4 Å². The van der Waals surface area contributed by atoms with E-state index in [2.05, 4.69) is 0 Å². The number of methoxy groups -OCH3 is 1. The molecule has 4 heteroatoms. The summed E-state index contributed by atoms with van der Waals surface area (Å²) in [6, 6.07) is 7.91. The Morgan fingerprint density at radius 2 is 1.87 bits per heavy atom. The van der Waals surface area contributed by atoms with Gasteiger partial charge in [-0.3, -0.25) is 4.21 Å². The molecule has 0 aliphatic rings. The molecule has 0 fully saturated rings. The number of ether oxygens (including phenoxy) is 1. The summed E-state index contributed by atoms with van der Waals surface area (Å²) in [6.07, 6.45) is 0. The highest BCUT2D eigenvalue weighted by atomic mass is 32.2. The first kappa shape index (κ1) is 12.4. The second kappa shape index (κ2) is 6.71. The zero-order chi connectivity index (χ0) is 11.1. The second-order valence-corrected chi connectivity index (χ2v) is 4.88. The van der Waals surface area contributed by atoms with Gasteiger partial charge in [0.15, 0.2) is 0 Å². The van der Waals surface area contributed by atoms with Crippen molar-refractivity contribution < 1.29 is 8.95 Å². The predicted octanol–water partition coefficient (Wildman–Crippen LogP) is 1.04. The van der Waals surface area contributed by atoms with E-state index in [1.54, 1.807) is 7.11 Å². The number of benzene rings is 1. The van der Waals surface area contributed by atoms with Crippen LogP contribution in [0, 0.1) is 0 Å². The molecule has 0 aromatic heterocycles. The zero-order valence-corrected chi connectivity index (χ0v) is 9.76. The smallest absolute Gasteiger partial charge is 0.0577 e. The van der Waals surface area contributed by atoms with E-state index in [4.69, 9.17) is 10.5 Å². The van der Waals surface area contributed by atoms with Crippen LogP contribution in [0.1, 0.15) is 11.1 Å². The Kier molecular flexibility index (Phi) is 5.53. The molecule has 0 radical (unpaired) electrons. The molecule has 0 saturated heterocycles. The summed E-state index contributed by atoms with van der Waals surface area (Å²) in [6.45, 7) is 1.10. The molecule has 1 atom stereocenters. The highest BCUT2D eigenvalue weighted by molar-refractivity contribution is 7.84. The summed E-state index contributed by atoms with van der Waals surface area (Å²) < 4.78 is 16.4. The molecule has 1 rings (SSSR count). The summed E-state index contributed by atoms with van der Waals surface area (Å²) in [5.74, 6) is 1.18. The van der Waals surface area contributed by atoms with Crippen molar-refractivity contribution in [3.63, 3.8) is 0 Å². The van der Waals surface area contributed by atoms with Gasteiger partial charge in [-0.1, -0.05) is 24.3 Å². The molecule has 0 amide bonds. The maximum absolute atomic E-state index is 11.5. The van der Waals surface area contributed by atoms with Gasteiger partial charge in [-0.2, -0.15) is 0 Å². The van der Waals surface area contributed by atoms with Gasteiger partial charge < -0.3 is 10.5 Å². The van der Waals surface area contributed by atoms with Crippen molar-refractivity contribution in [3.8, 4) is 0 Å². The molecule has 15 heavy (non-hydrogen) atoms. The lowest BCUT2D eigenvalue weighted by atomic mass is 10.1. The van der Waals surface area contributed by atoms with Crippen molar-refractivity contribution in [2.45, 2.75) is 12.3 Å². The van der Waals surface area contributed by atoms with Crippen LogP contribution in [-0.4, -0.2) is 23.7 Å². The van der Waals surface area contributed by atoms with Crippen LogP contribution in [-0.2, 0) is 27.8 Å². The highest BCUT2D eigenvalue weighted by Gasteiger charge is 2.01. The topological polar surface area (TPSA) is 52.3 Å². The fourth-order valence-corrected chi connectivity index (χ4v) is 2.27. The van der Waals surface area contributed by atoms with E-state index >= 15 is 0 Å². The number of rotatable bonds is 6. The fraction of sp³-hybridized carbons (Fsp3) is 0.455. The normalized spacial score (nSPS) is 12.7. The van der Waals surface area contributed by atoms with Gasteiger partial charge in [0.25, 0.3) is 0 Å². The molecule has 1 aromatic carbocycles. The van der Waals surface area contributed by atoms with Crippen molar-refractivity contribution in [2.75, 3.05) is 19.5 Å². The Morgan fingerprint density at radius 1 is 1.27 bits per heavy atom.